The number of hydrogen-bond acceptors (Lipinski definition) is 2. The van der Waals surface area contributed by atoms with Crippen molar-refractivity contribution < 1.29 is 0 Å². The summed E-state index contributed by atoms with van der Waals surface area (Å²) in [4.78, 5) is 6.92. The number of aromatic nitrogens is 2. The second-order valence-electron chi connectivity index (χ2n) is 8.88. The summed E-state index contributed by atoms with van der Waals surface area (Å²) in [6.45, 7) is 8.49. The Kier molecular flexibility index (Phi) is 5.92. The lowest BCUT2D eigenvalue weighted by Crippen LogP contribution is -2.29. The summed E-state index contributed by atoms with van der Waals surface area (Å²) in [5.41, 5.74) is 8.92. The van der Waals surface area contributed by atoms with Crippen LogP contribution in [0.25, 0.3) is 5.69 Å². The molecule has 34 heavy (non-hydrogen) atoms. The lowest BCUT2D eigenvalue weighted by molar-refractivity contribution is 0.565. The number of thiocarbonyl (C=S) groups is 1. The molecule has 1 saturated heterocycles. The molecule has 0 unspecified atom stereocenters. The van der Waals surface area contributed by atoms with E-state index in [1.54, 1.807) is 0 Å². The van der Waals surface area contributed by atoms with Gasteiger partial charge in [-0.05, 0) is 99.1 Å². The Morgan fingerprint density at radius 1 is 0.941 bits per heavy atom. The van der Waals surface area contributed by atoms with Crippen LogP contribution in [0.4, 0.5) is 5.69 Å². The number of rotatable bonds is 4. The number of anilines is 1. The van der Waals surface area contributed by atoms with Crippen LogP contribution < -0.4 is 10.2 Å². The molecule has 0 spiro atoms. The monoisotopic (exact) mass is 486 g/mol. The normalized spacial score (nSPS) is 17.8. The molecule has 172 valence electrons. The van der Waals surface area contributed by atoms with Gasteiger partial charge in [0.05, 0.1) is 17.8 Å². The van der Waals surface area contributed by atoms with Crippen molar-refractivity contribution >= 4 is 34.6 Å². The number of nitrogens with zero attached hydrogens (tertiary/aromatic N) is 3. The van der Waals surface area contributed by atoms with E-state index in [1.165, 1.54) is 11.1 Å². The van der Waals surface area contributed by atoms with Crippen LogP contribution >= 0.6 is 23.8 Å². The Bertz CT molecular complexity index is 1380. The molecule has 2 atom stereocenters. The zero-order chi connectivity index (χ0) is 24.0. The van der Waals surface area contributed by atoms with Gasteiger partial charge in [-0.15, -0.1) is 0 Å². The highest BCUT2D eigenvalue weighted by atomic mass is 35.5. The van der Waals surface area contributed by atoms with Crippen molar-refractivity contribution in [2.24, 2.45) is 0 Å². The van der Waals surface area contributed by atoms with Gasteiger partial charge >= 0.3 is 0 Å². The maximum absolute atomic E-state index is 6.49. The topological polar surface area (TPSA) is 33.1 Å². The molecule has 2 aromatic heterocycles. The summed E-state index contributed by atoms with van der Waals surface area (Å²) in [6, 6.07) is 22.7. The number of aryl methyl sites for hydroxylation is 2. The van der Waals surface area contributed by atoms with Crippen LogP contribution in [-0.2, 0) is 0 Å². The fourth-order valence-electron chi connectivity index (χ4n) is 5.02. The molecular weight excluding hydrogens is 460 g/mol. The van der Waals surface area contributed by atoms with Crippen LogP contribution in [0.3, 0.4) is 0 Å². The van der Waals surface area contributed by atoms with E-state index in [0.29, 0.717) is 5.11 Å². The van der Waals surface area contributed by atoms with Crippen molar-refractivity contribution in [3.05, 3.63) is 112 Å². The SMILES string of the molecule is Cc1cccc(N2C(=S)N[C@@H](c3ccccn3)[C@H]2c2cc(C)n(-c3cccc(Cl)c3C)c2C)c1. The minimum Gasteiger partial charge on any atom is -0.351 e. The Morgan fingerprint density at radius 3 is 2.47 bits per heavy atom. The second kappa shape index (κ2) is 8.90. The first kappa shape index (κ1) is 22.6. The number of pyridine rings is 1. The third-order valence-electron chi connectivity index (χ3n) is 6.65. The average molecular weight is 487 g/mol. The molecule has 1 aliphatic rings. The Labute approximate surface area is 211 Å². The predicted molar refractivity (Wildman–Crippen MR) is 144 cm³/mol. The summed E-state index contributed by atoms with van der Waals surface area (Å²) in [6.07, 6.45) is 1.84. The van der Waals surface area contributed by atoms with Gasteiger partial charge in [-0.3, -0.25) is 4.98 Å². The largest absolute Gasteiger partial charge is 0.351 e. The maximum atomic E-state index is 6.49. The molecule has 2 aromatic carbocycles. The van der Waals surface area contributed by atoms with Crippen LogP contribution in [0.1, 0.15) is 45.9 Å². The van der Waals surface area contributed by atoms with E-state index in [2.05, 4.69) is 89.9 Å². The fraction of sp³-hybridized carbons (Fsp3) is 0.214. The molecule has 0 amide bonds. The second-order valence-corrected chi connectivity index (χ2v) is 9.68. The van der Waals surface area contributed by atoms with Crippen LogP contribution in [-0.4, -0.2) is 14.7 Å². The summed E-state index contributed by atoms with van der Waals surface area (Å²) in [5.74, 6) is 0. The lowest BCUT2D eigenvalue weighted by Gasteiger charge is -2.28. The minimum absolute atomic E-state index is 0.0522. The smallest absolute Gasteiger partial charge is 0.174 e. The van der Waals surface area contributed by atoms with Gasteiger partial charge < -0.3 is 14.8 Å². The molecule has 0 radical (unpaired) electrons. The summed E-state index contributed by atoms with van der Waals surface area (Å²) >= 11 is 12.4. The van der Waals surface area contributed by atoms with E-state index in [4.69, 9.17) is 23.8 Å². The Morgan fingerprint density at radius 2 is 1.74 bits per heavy atom. The molecule has 4 aromatic rings. The predicted octanol–water partition coefficient (Wildman–Crippen LogP) is 6.94. The molecule has 6 heteroatoms. The third-order valence-corrected chi connectivity index (χ3v) is 7.37. The Hall–Kier alpha value is -3.15. The van der Waals surface area contributed by atoms with E-state index in [1.807, 2.05) is 30.5 Å². The van der Waals surface area contributed by atoms with Gasteiger partial charge in [-0.1, -0.05) is 35.9 Å². The highest BCUT2D eigenvalue weighted by Crippen LogP contribution is 2.44. The first-order valence-electron chi connectivity index (χ1n) is 11.4. The van der Waals surface area contributed by atoms with E-state index in [9.17, 15) is 0 Å². The van der Waals surface area contributed by atoms with Gasteiger partial charge in [-0.2, -0.15) is 0 Å². The van der Waals surface area contributed by atoms with Gasteiger partial charge in [0.1, 0.15) is 0 Å². The van der Waals surface area contributed by atoms with Crippen molar-refractivity contribution in [3.8, 4) is 5.69 Å². The van der Waals surface area contributed by atoms with Gasteiger partial charge in [0.15, 0.2) is 5.11 Å². The molecule has 1 N–H and O–H groups in total. The molecule has 1 aliphatic heterocycles. The zero-order valence-electron chi connectivity index (χ0n) is 19.7. The molecular formula is C28H27ClN4S. The maximum Gasteiger partial charge on any atom is 0.174 e. The zero-order valence-corrected chi connectivity index (χ0v) is 21.3. The van der Waals surface area contributed by atoms with E-state index in [-0.39, 0.29) is 12.1 Å². The van der Waals surface area contributed by atoms with Gasteiger partial charge in [0, 0.05) is 34.0 Å². The number of halogens is 1. The summed E-state index contributed by atoms with van der Waals surface area (Å²) < 4.78 is 2.29. The standard InChI is InChI=1S/C28H27ClN4S/c1-17-9-7-10-21(15-17)33-27(26(31-28(33)34)24-12-5-6-14-30-24)22-16-18(2)32(20(22)4)25-13-8-11-23(29)19(25)3/h5-16,26-27H,1-4H3,(H,31,34)/t26-,27+/m0/s1. The van der Waals surface area contributed by atoms with Crippen LogP contribution in [0.5, 0.6) is 0 Å². The van der Waals surface area contributed by atoms with Crippen molar-refractivity contribution in [2.45, 2.75) is 39.8 Å². The van der Waals surface area contributed by atoms with E-state index in [0.717, 1.165) is 39.0 Å². The van der Waals surface area contributed by atoms with Gasteiger partial charge in [0.2, 0.25) is 0 Å². The lowest BCUT2D eigenvalue weighted by atomic mass is 9.96. The quantitative estimate of drug-likeness (QED) is 0.317. The van der Waals surface area contributed by atoms with Crippen molar-refractivity contribution in [1.82, 2.24) is 14.9 Å². The molecule has 0 bridgehead atoms. The molecule has 5 rings (SSSR count). The first-order valence-corrected chi connectivity index (χ1v) is 12.2. The van der Waals surface area contributed by atoms with Crippen molar-refractivity contribution in [2.75, 3.05) is 4.90 Å². The molecule has 0 aliphatic carbocycles. The average Bonchev–Trinajstić information content (AvgIpc) is 3.32. The van der Waals surface area contributed by atoms with E-state index >= 15 is 0 Å². The highest BCUT2D eigenvalue weighted by Gasteiger charge is 2.42. The molecule has 3 heterocycles. The Balaban J connectivity index is 1.71. The van der Waals surface area contributed by atoms with E-state index < -0.39 is 0 Å². The van der Waals surface area contributed by atoms with Crippen LogP contribution in [0, 0.1) is 27.7 Å². The van der Waals surface area contributed by atoms with Crippen LogP contribution in [0.15, 0.2) is 72.9 Å². The molecule has 1 fully saturated rings. The van der Waals surface area contributed by atoms with Crippen molar-refractivity contribution in [1.29, 1.82) is 0 Å². The highest BCUT2D eigenvalue weighted by molar-refractivity contribution is 7.80. The van der Waals surface area contributed by atoms with Gasteiger partial charge in [-0.25, -0.2) is 0 Å². The van der Waals surface area contributed by atoms with Crippen LogP contribution in [0.2, 0.25) is 5.02 Å². The number of nitrogens with one attached hydrogen (secondary N) is 1. The molecule has 4 nitrogen and oxygen atoms in total. The first-order chi connectivity index (χ1) is 16.4. The summed E-state index contributed by atoms with van der Waals surface area (Å²) in [5, 5.41) is 5.04. The van der Waals surface area contributed by atoms with Crippen molar-refractivity contribution in [3.63, 3.8) is 0 Å². The fourth-order valence-corrected chi connectivity index (χ4v) is 5.54. The number of benzene rings is 2. The molecule has 0 saturated carbocycles. The number of hydrogen-bond donors (Lipinski definition) is 1. The summed E-state index contributed by atoms with van der Waals surface area (Å²) in [7, 11) is 0. The third kappa shape index (κ3) is 3.79. The minimum atomic E-state index is -0.0800. The van der Waals surface area contributed by atoms with Gasteiger partial charge in [0.25, 0.3) is 0 Å².